The second-order valence-corrected chi connectivity index (χ2v) is 5.52. The molecular weight excluding hydrogens is 304 g/mol. The summed E-state index contributed by atoms with van der Waals surface area (Å²) in [4.78, 5) is 12.1. The van der Waals surface area contributed by atoms with Crippen molar-refractivity contribution in [3.8, 4) is 11.5 Å². The summed E-state index contributed by atoms with van der Waals surface area (Å²) < 4.78 is 11.1. The molecule has 2 rings (SSSR count). The maximum Gasteiger partial charge on any atom is 0.243 e. The van der Waals surface area contributed by atoms with Crippen LogP contribution in [-0.4, -0.2) is 25.2 Å². The Bertz CT molecular complexity index is 654. The molecule has 24 heavy (non-hydrogen) atoms. The van der Waals surface area contributed by atoms with Crippen molar-refractivity contribution in [1.82, 2.24) is 0 Å². The van der Waals surface area contributed by atoms with E-state index in [0.29, 0.717) is 18.0 Å². The Labute approximate surface area is 143 Å². The van der Waals surface area contributed by atoms with Crippen LogP contribution in [0, 0.1) is 0 Å². The average Bonchev–Trinajstić information content (AvgIpc) is 2.56. The number of hydrogen-bond acceptors (Lipinski definition) is 4. The van der Waals surface area contributed by atoms with E-state index in [1.165, 1.54) is 0 Å². The Morgan fingerprint density at radius 2 is 1.79 bits per heavy atom. The number of ether oxygens (including phenoxy) is 2. The maximum absolute atomic E-state index is 12.1. The first-order valence-corrected chi connectivity index (χ1v) is 8.10. The predicted molar refractivity (Wildman–Crippen MR) is 96.9 cm³/mol. The minimum atomic E-state index is -0.135. The second kappa shape index (κ2) is 8.82. The van der Waals surface area contributed by atoms with Crippen LogP contribution in [0.5, 0.6) is 11.5 Å². The van der Waals surface area contributed by atoms with Crippen LogP contribution in [-0.2, 0) is 4.79 Å². The summed E-state index contributed by atoms with van der Waals surface area (Å²) in [7, 11) is 0. The van der Waals surface area contributed by atoms with E-state index in [4.69, 9.17) is 9.47 Å². The molecule has 0 saturated heterocycles. The van der Waals surface area contributed by atoms with Crippen molar-refractivity contribution in [1.29, 1.82) is 0 Å². The third-order valence-electron chi connectivity index (χ3n) is 3.14. The van der Waals surface area contributed by atoms with Gasteiger partial charge in [-0.05, 0) is 57.2 Å². The number of anilines is 2. The third-order valence-corrected chi connectivity index (χ3v) is 3.14. The van der Waals surface area contributed by atoms with Gasteiger partial charge < -0.3 is 20.1 Å². The van der Waals surface area contributed by atoms with E-state index in [0.717, 1.165) is 11.4 Å². The smallest absolute Gasteiger partial charge is 0.243 e. The van der Waals surface area contributed by atoms with Gasteiger partial charge >= 0.3 is 0 Å². The minimum Gasteiger partial charge on any atom is -0.492 e. The van der Waals surface area contributed by atoms with Gasteiger partial charge in [-0.2, -0.15) is 0 Å². The molecule has 0 spiro atoms. The van der Waals surface area contributed by atoms with Gasteiger partial charge in [0.1, 0.15) is 11.5 Å². The summed E-state index contributed by atoms with van der Waals surface area (Å²) in [6, 6.07) is 14.9. The van der Waals surface area contributed by atoms with Crippen molar-refractivity contribution in [2.45, 2.75) is 26.9 Å². The predicted octanol–water partition coefficient (Wildman–Crippen LogP) is 3.92. The Kier molecular flexibility index (Phi) is 6.49. The molecule has 0 bridgehead atoms. The number of rotatable bonds is 8. The summed E-state index contributed by atoms with van der Waals surface area (Å²) in [5.41, 5.74) is 1.53. The van der Waals surface area contributed by atoms with Gasteiger partial charge in [0.25, 0.3) is 0 Å². The van der Waals surface area contributed by atoms with Crippen LogP contribution in [0.2, 0.25) is 0 Å². The molecule has 0 fully saturated rings. The quantitative estimate of drug-likeness (QED) is 0.771. The molecule has 0 radical (unpaired) electrons. The van der Waals surface area contributed by atoms with E-state index in [1.807, 2.05) is 69.3 Å². The highest BCUT2D eigenvalue weighted by molar-refractivity contribution is 5.95. The number of benzene rings is 2. The lowest BCUT2D eigenvalue weighted by molar-refractivity contribution is -0.114. The number of carbonyl (C=O) groups excluding carboxylic acids is 1. The molecule has 128 valence electrons. The zero-order valence-corrected chi connectivity index (χ0v) is 14.3. The standard InChI is InChI=1S/C19H24N2O3/c1-4-23-18-8-6-5-7-17(18)21-19(22)13-20-15-9-11-16(12-10-15)24-14(2)3/h5-12,14,20H,4,13H2,1-3H3,(H,21,22). The van der Waals surface area contributed by atoms with E-state index in [2.05, 4.69) is 10.6 Å². The Morgan fingerprint density at radius 3 is 2.46 bits per heavy atom. The summed E-state index contributed by atoms with van der Waals surface area (Å²) >= 11 is 0. The molecule has 5 heteroatoms. The molecule has 2 aromatic carbocycles. The number of hydrogen-bond donors (Lipinski definition) is 2. The van der Waals surface area contributed by atoms with Crippen LogP contribution >= 0.6 is 0 Å². The van der Waals surface area contributed by atoms with Crippen LogP contribution in [0.1, 0.15) is 20.8 Å². The maximum atomic E-state index is 12.1. The highest BCUT2D eigenvalue weighted by atomic mass is 16.5. The lowest BCUT2D eigenvalue weighted by Crippen LogP contribution is -2.22. The highest BCUT2D eigenvalue weighted by Crippen LogP contribution is 2.23. The molecule has 2 aromatic rings. The summed E-state index contributed by atoms with van der Waals surface area (Å²) in [6.07, 6.45) is 0.139. The Hall–Kier alpha value is -2.69. The SMILES string of the molecule is CCOc1ccccc1NC(=O)CNc1ccc(OC(C)C)cc1. The number of para-hydroxylation sites is 2. The Morgan fingerprint density at radius 1 is 1.08 bits per heavy atom. The zero-order chi connectivity index (χ0) is 17.4. The van der Waals surface area contributed by atoms with Crippen LogP contribution in [0.4, 0.5) is 11.4 Å². The fourth-order valence-corrected chi connectivity index (χ4v) is 2.15. The molecule has 0 atom stereocenters. The lowest BCUT2D eigenvalue weighted by atomic mass is 10.3. The first kappa shape index (κ1) is 17.7. The van der Waals surface area contributed by atoms with Crippen molar-refractivity contribution in [2.24, 2.45) is 0 Å². The topological polar surface area (TPSA) is 59.6 Å². The number of carbonyl (C=O) groups is 1. The molecule has 0 aliphatic heterocycles. The van der Waals surface area contributed by atoms with Crippen molar-refractivity contribution >= 4 is 17.3 Å². The molecule has 0 aliphatic rings. The Balaban J connectivity index is 1.87. The second-order valence-electron chi connectivity index (χ2n) is 5.52. The molecule has 0 saturated carbocycles. The zero-order valence-electron chi connectivity index (χ0n) is 14.3. The van der Waals surface area contributed by atoms with E-state index in [9.17, 15) is 4.79 Å². The molecule has 0 aromatic heterocycles. The summed E-state index contributed by atoms with van der Waals surface area (Å²) in [5.74, 6) is 1.35. The van der Waals surface area contributed by atoms with E-state index < -0.39 is 0 Å². The molecule has 0 aliphatic carbocycles. The molecular formula is C19H24N2O3. The number of nitrogens with one attached hydrogen (secondary N) is 2. The third kappa shape index (κ3) is 5.50. The lowest BCUT2D eigenvalue weighted by Gasteiger charge is -2.13. The highest BCUT2D eigenvalue weighted by Gasteiger charge is 2.07. The van der Waals surface area contributed by atoms with Crippen LogP contribution < -0.4 is 20.1 Å². The van der Waals surface area contributed by atoms with Crippen molar-refractivity contribution < 1.29 is 14.3 Å². The van der Waals surface area contributed by atoms with Crippen LogP contribution in [0.3, 0.4) is 0 Å². The molecule has 2 N–H and O–H groups in total. The minimum absolute atomic E-state index is 0.135. The van der Waals surface area contributed by atoms with E-state index in [1.54, 1.807) is 0 Å². The largest absolute Gasteiger partial charge is 0.492 e. The molecule has 1 amide bonds. The van der Waals surface area contributed by atoms with Crippen LogP contribution in [0.25, 0.3) is 0 Å². The van der Waals surface area contributed by atoms with Gasteiger partial charge in [0.15, 0.2) is 0 Å². The van der Waals surface area contributed by atoms with Crippen LogP contribution in [0.15, 0.2) is 48.5 Å². The van der Waals surface area contributed by atoms with Gasteiger partial charge in [-0.25, -0.2) is 0 Å². The van der Waals surface area contributed by atoms with E-state index in [-0.39, 0.29) is 18.6 Å². The fourth-order valence-electron chi connectivity index (χ4n) is 2.15. The van der Waals surface area contributed by atoms with Gasteiger partial charge in [-0.3, -0.25) is 4.79 Å². The number of amides is 1. The summed E-state index contributed by atoms with van der Waals surface area (Å²) in [6.45, 7) is 6.60. The van der Waals surface area contributed by atoms with Crippen molar-refractivity contribution in [3.05, 3.63) is 48.5 Å². The van der Waals surface area contributed by atoms with Crippen molar-refractivity contribution in [2.75, 3.05) is 23.8 Å². The van der Waals surface area contributed by atoms with E-state index >= 15 is 0 Å². The van der Waals surface area contributed by atoms with Gasteiger partial charge in [0.2, 0.25) is 5.91 Å². The monoisotopic (exact) mass is 328 g/mol. The summed E-state index contributed by atoms with van der Waals surface area (Å²) in [5, 5.41) is 5.94. The fraction of sp³-hybridized carbons (Fsp3) is 0.316. The normalized spacial score (nSPS) is 10.3. The first-order valence-electron chi connectivity index (χ1n) is 8.10. The molecule has 0 unspecified atom stereocenters. The molecule has 5 nitrogen and oxygen atoms in total. The average molecular weight is 328 g/mol. The van der Waals surface area contributed by atoms with Gasteiger partial charge in [0.05, 0.1) is 24.9 Å². The van der Waals surface area contributed by atoms with Crippen molar-refractivity contribution in [3.63, 3.8) is 0 Å². The first-order chi connectivity index (χ1) is 11.6. The van der Waals surface area contributed by atoms with Gasteiger partial charge in [-0.15, -0.1) is 0 Å². The molecule has 0 heterocycles. The van der Waals surface area contributed by atoms with Gasteiger partial charge in [-0.1, -0.05) is 12.1 Å². The van der Waals surface area contributed by atoms with Gasteiger partial charge in [0, 0.05) is 5.69 Å².